The maximum Gasteiger partial charge on any atom is 0.230 e. The van der Waals surface area contributed by atoms with Crippen molar-refractivity contribution in [2.75, 3.05) is 19.5 Å². The largest absolute Gasteiger partial charge is 0.330 e. The van der Waals surface area contributed by atoms with Crippen LogP contribution in [0.4, 0.5) is 0 Å². The van der Waals surface area contributed by atoms with Crippen molar-refractivity contribution in [2.45, 2.75) is 70.5 Å². The second-order valence-electron chi connectivity index (χ2n) is 9.00. The van der Waals surface area contributed by atoms with Crippen molar-refractivity contribution in [1.82, 2.24) is 9.80 Å². The third kappa shape index (κ3) is 3.41. The summed E-state index contributed by atoms with van der Waals surface area (Å²) in [4.78, 5) is 18.3. The van der Waals surface area contributed by atoms with E-state index in [1.54, 1.807) is 0 Å². The highest BCUT2D eigenvalue weighted by atomic mass is 35.5. The number of fused-ring (bicyclic) bond motifs is 1. The van der Waals surface area contributed by atoms with Crippen LogP contribution in [0.25, 0.3) is 0 Å². The number of likely N-dealkylation sites (tertiary alicyclic amines) is 2. The van der Waals surface area contributed by atoms with Gasteiger partial charge >= 0.3 is 0 Å². The summed E-state index contributed by atoms with van der Waals surface area (Å²) >= 11 is 6.20. The van der Waals surface area contributed by atoms with Crippen LogP contribution < -0.4 is 0 Å². The minimum Gasteiger partial charge on any atom is -0.330 e. The summed E-state index contributed by atoms with van der Waals surface area (Å²) in [6, 6.07) is 10.9. The Morgan fingerprint density at radius 3 is 2.58 bits per heavy atom. The van der Waals surface area contributed by atoms with Crippen LogP contribution in [-0.4, -0.2) is 46.8 Å². The molecular formula is C22H33ClN2O. The quantitative estimate of drug-likeness (QED) is 0.703. The highest BCUT2D eigenvalue weighted by Crippen LogP contribution is 2.49. The highest BCUT2D eigenvalue weighted by Gasteiger charge is 2.55. The normalized spacial score (nSPS) is 30.6. The Hall–Kier alpha value is -1.06. The van der Waals surface area contributed by atoms with E-state index in [9.17, 15) is 4.79 Å². The number of likely N-dealkylation sites (N-methyl/N-ethyl adjacent to an activating group) is 1. The lowest BCUT2D eigenvalue weighted by atomic mass is 9.84. The second-order valence-corrected chi connectivity index (χ2v) is 9.27. The first-order chi connectivity index (χ1) is 12.3. The summed E-state index contributed by atoms with van der Waals surface area (Å²) in [5.41, 5.74) is 0.715. The number of rotatable bonds is 3. The number of nitrogens with zero attached hydrogens (tertiary/aromatic N) is 2. The fourth-order valence-electron chi connectivity index (χ4n) is 4.77. The summed E-state index contributed by atoms with van der Waals surface area (Å²) in [6.45, 7) is 7.43. The number of benzene rings is 1. The van der Waals surface area contributed by atoms with E-state index >= 15 is 0 Å². The zero-order valence-corrected chi connectivity index (χ0v) is 17.4. The van der Waals surface area contributed by atoms with Crippen LogP contribution in [0.1, 0.15) is 64.5 Å². The zero-order valence-electron chi connectivity index (χ0n) is 16.7. The maximum absolute atomic E-state index is 13.6. The molecule has 0 unspecified atom stereocenters. The molecule has 26 heavy (non-hydrogen) atoms. The molecular weight excluding hydrogens is 344 g/mol. The Balaban J connectivity index is 2.06. The lowest BCUT2D eigenvalue weighted by molar-refractivity contribution is -0.144. The topological polar surface area (TPSA) is 23.6 Å². The van der Waals surface area contributed by atoms with Crippen molar-refractivity contribution in [2.24, 2.45) is 5.41 Å². The molecule has 3 rings (SSSR count). The molecule has 0 radical (unpaired) electrons. The smallest absolute Gasteiger partial charge is 0.230 e. The summed E-state index contributed by atoms with van der Waals surface area (Å²) in [5, 5.41) is 0. The zero-order chi connectivity index (χ0) is 18.9. The third-order valence-corrected chi connectivity index (χ3v) is 7.34. The first kappa shape index (κ1) is 19.7. The molecule has 2 saturated heterocycles. The van der Waals surface area contributed by atoms with Crippen molar-refractivity contribution in [1.29, 1.82) is 0 Å². The minimum atomic E-state index is -0.541. The van der Waals surface area contributed by atoms with Gasteiger partial charge in [0.25, 0.3) is 0 Å². The number of alkyl halides is 1. The highest BCUT2D eigenvalue weighted by molar-refractivity contribution is 6.19. The monoisotopic (exact) mass is 376 g/mol. The maximum atomic E-state index is 13.6. The van der Waals surface area contributed by atoms with Gasteiger partial charge in [-0.05, 0) is 59.2 Å². The Morgan fingerprint density at radius 1 is 1.23 bits per heavy atom. The standard InChI is InChI=1S/C22H33ClN2O/c1-21(2,16-23)20(26)25-18(17-11-7-5-8-12-17)15-22(3)19(25)13-9-6-10-14-24(22)4/h5,7-8,11-12,18-19H,6,9-10,13-16H2,1-4H3/t18-,19+,22-/m0/s1. The van der Waals surface area contributed by atoms with Crippen molar-refractivity contribution in [3.8, 4) is 0 Å². The molecule has 3 nitrogen and oxygen atoms in total. The van der Waals surface area contributed by atoms with Crippen molar-refractivity contribution >= 4 is 17.5 Å². The lowest BCUT2D eigenvalue weighted by Crippen LogP contribution is -2.56. The van der Waals surface area contributed by atoms with Crippen LogP contribution in [0.2, 0.25) is 0 Å². The molecule has 1 aromatic carbocycles. The van der Waals surface area contributed by atoms with E-state index < -0.39 is 5.41 Å². The molecule has 0 aliphatic carbocycles. The van der Waals surface area contributed by atoms with Gasteiger partial charge in [-0.25, -0.2) is 0 Å². The van der Waals surface area contributed by atoms with E-state index in [-0.39, 0.29) is 23.5 Å². The summed E-state index contributed by atoms with van der Waals surface area (Å²) in [7, 11) is 2.24. The van der Waals surface area contributed by atoms with Crippen LogP contribution >= 0.6 is 11.6 Å². The Labute approximate surface area is 163 Å². The Kier molecular flexibility index (Phi) is 5.69. The van der Waals surface area contributed by atoms with Gasteiger partial charge in [0.1, 0.15) is 0 Å². The van der Waals surface area contributed by atoms with E-state index in [1.165, 1.54) is 24.8 Å². The predicted octanol–water partition coefficient (Wildman–Crippen LogP) is 4.86. The molecule has 4 heteroatoms. The summed E-state index contributed by atoms with van der Waals surface area (Å²) in [5.74, 6) is 0.549. The number of hydrogen-bond donors (Lipinski definition) is 0. The fourth-order valence-corrected chi connectivity index (χ4v) is 4.88. The van der Waals surface area contributed by atoms with Crippen molar-refractivity contribution in [3.63, 3.8) is 0 Å². The van der Waals surface area contributed by atoms with Gasteiger partial charge in [-0.15, -0.1) is 11.6 Å². The molecule has 0 spiro atoms. The van der Waals surface area contributed by atoms with E-state index in [0.29, 0.717) is 5.88 Å². The van der Waals surface area contributed by atoms with Gasteiger partial charge in [0.2, 0.25) is 5.91 Å². The van der Waals surface area contributed by atoms with Gasteiger partial charge in [0.15, 0.2) is 0 Å². The molecule has 144 valence electrons. The van der Waals surface area contributed by atoms with E-state index in [0.717, 1.165) is 19.4 Å². The van der Waals surface area contributed by atoms with Crippen molar-refractivity contribution in [3.05, 3.63) is 35.9 Å². The van der Waals surface area contributed by atoms with Crippen LogP contribution in [-0.2, 0) is 4.79 Å². The number of halogens is 1. The second kappa shape index (κ2) is 7.52. The summed E-state index contributed by atoms with van der Waals surface area (Å²) < 4.78 is 0. The number of carbonyl (C=O) groups excluding carboxylic acids is 1. The molecule has 1 amide bonds. The van der Waals surface area contributed by atoms with Gasteiger partial charge in [-0.1, -0.05) is 43.2 Å². The van der Waals surface area contributed by atoms with Gasteiger partial charge in [0, 0.05) is 11.4 Å². The van der Waals surface area contributed by atoms with Gasteiger partial charge in [-0.3, -0.25) is 9.69 Å². The molecule has 0 saturated carbocycles. The van der Waals surface area contributed by atoms with E-state index in [4.69, 9.17) is 11.6 Å². The Morgan fingerprint density at radius 2 is 1.92 bits per heavy atom. The molecule has 2 heterocycles. The minimum absolute atomic E-state index is 0.0129. The van der Waals surface area contributed by atoms with Crippen LogP contribution in [0, 0.1) is 5.41 Å². The molecule has 2 fully saturated rings. The first-order valence-electron chi connectivity index (χ1n) is 9.96. The lowest BCUT2D eigenvalue weighted by Gasteiger charge is -2.45. The molecule has 2 aliphatic rings. The molecule has 2 aliphatic heterocycles. The van der Waals surface area contributed by atoms with Gasteiger partial charge < -0.3 is 4.90 Å². The van der Waals surface area contributed by atoms with Crippen LogP contribution in [0.3, 0.4) is 0 Å². The number of hydrogen-bond acceptors (Lipinski definition) is 2. The third-order valence-electron chi connectivity index (χ3n) is 6.67. The molecule has 0 N–H and O–H groups in total. The van der Waals surface area contributed by atoms with Gasteiger partial charge in [-0.2, -0.15) is 0 Å². The molecule has 3 atom stereocenters. The SMILES string of the molecule is CN1CCCCC[C@H]2N(C(=O)C(C)(C)CCl)[C@H](c3ccccc3)C[C@@]21C. The molecule has 0 aromatic heterocycles. The summed E-state index contributed by atoms with van der Waals surface area (Å²) in [6.07, 6.45) is 5.75. The average molecular weight is 377 g/mol. The predicted molar refractivity (Wildman–Crippen MR) is 108 cm³/mol. The molecule has 1 aromatic rings. The van der Waals surface area contributed by atoms with E-state index in [2.05, 4.69) is 48.0 Å². The van der Waals surface area contributed by atoms with Crippen LogP contribution in [0.15, 0.2) is 30.3 Å². The van der Waals surface area contributed by atoms with Crippen LogP contribution in [0.5, 0.6) is 0 Å². The Bertz CT molecular complexity index is 632. The average Bonchev–Trinajstić information content (AvgIpc) is 2.93. The number of amides is 1. The van der Waals surface area contributed by atoms with Crippen molar-refractivity contribution < 1.29 is 4.79 Å². The fraction of sp³-hybridized carbons (Fsp3) is 0.682. The van der Waals surface area contributed by atoms with E-state index in [1.807, 2.05) is 19.9 Å². The first-order valence-corrected chi connectivity index (χ1v) is 10.5. The number of carbonyl (C=O) groups is 1. The van der Waals surface area contributed by atoms with Gasteiger partial charge in [0.05, 0.1) is 17.5 Å². The molecule has 0 bridgehead atoms.